The fourth-order valence-electron chi connectivity index (χ4n) is 3.73. The molecule has 2 atom stereocenters. The summed E-state index contributed by atoms with van der Waals surface area (Å²) in [5, 5.41) is 23.5. The first-order valence-electron chi connectivity index (χ1n) is 9.26. The molecule has 0 spiro atoms. The molecule has 0 saturated heterocycles. The normalized spacial score (nSPS) is 20.3. The molecule has 1 aliphatic heterocycles. The predicted molar refractivity (Wildman–Crippen MR) is 104 cm³/mol. The van der Waals surface area contributed by atoms with Crippen molar-refractivity contribution in [3.63, 3.8) is 0 Å². The van der Waals surface area contributed by atoms with Crippen molar-refractivity contribution in [2.75, 3.05) is 13.2 Å². The molecule has 0 aromatic heterocycles. The zero-order valence-corrected chi connectivity index (χ0v) is 16.1. The van der Waals surface area contributed by atoms with Crippen LogP contribution in [0.1, 0.15) is 47.2 Å². The van der Waals surface area contributed by atoms with Crippen molar-refractivity contribution in [2.24, 2.45) is 0 Å². The van der Waals surface area contributed by atoms with E-state index in [9.17, 15) is 10.2 Å². The summed E-state index contributed by atoms with van der Waals surface area (Å²) in [6.07, 6.45) is 1.74. The summed E-state index contributed by atoms with van der Waals surface area (Å²) in [7, 11) is 0. The van der Waals surface area contributed by atoms with Gasteiger partial charge >= 0.3 is 0 Å². The summed E-state index contributed by atoms with van der Waals surface area (Å²) < 4.78 is 6.44. The zero-order chi connectivity index (χ0) is 18.9. The van der Waals surface area contributed by atoms with Crippen molar-refractivity contribution in [3.05, 3.63) is 58.1 Å². The van der Waals surface area contributed by atoms with Crippen molar-refractivity contribution in [1.29, 1.82) is 0 Å². The largest absolute Gasteiger partial charge is 0.507 e. The van der Waals surface area contributed by atoms with Gasteiger partial charge in [-0.15, -0.1) is 0 Å². The molecule has 0 bridgehead atoms. The number of aliphatic hydroxyl groups excluding tert-OH is 1. The number of aromatic hydroxyl groups is 1. The van der Waals surface area contributed by atoms with Crippen LogP contribution < -0.4 is 10.1 Å². The van der Waals surface area contributed by atoms with Crippen molar-refractivity contribution in [3.8, 4) is 11.5 Å². The number of rotatable bonds is 5. The highest BCUT2D eigenvalue weighted by molar-refractivity contribution is 5.58. The van der Waals surface area contributed by atoms with E-state index in [0.29, 0.717) is 12.3 Å². The average molecular weight is 355 g/mol. The van der Waals surface area contributed by atoms with E-state index in [-0.39, 0.29) is 18.2 Å². The maximum atomic E-state index is 10.3. The summed E-state index contributed by atoms with van der Waals surface area (Å²) >= 11 is 0. The number of benzene rings is 2. The molecule has 4 nitrogen and oxygen atoms in total. The lowest BCUT2D eigenvalue weighted by molar-refractivity contribution is 0.0574. The quantitative estimate of drug-likeness (QED) is 0.765. The second kappa shape index (κ2) is 7.29. The molecule has 0 amide bonds. The number of phenolic OH excluding ortho intramolecular Hbond substituents is 1. The lowest BCUT2D eigenvalue weighted by Crippen LogP contribution is -2.47. The summed E-state index contributed by atoms with van der Waals surface area (Å²) in [6.45, 7) is 8.70. The van der Waals surface area contributed by atoms with Crippen LogP contribution in [0, 0.1) is 20.8 Å². The molecule has 3 rings (SSSR count). The summed E-state index contributed by atoms with van der Waals surface area (Å²) in [6, 6.07) is 9.87. The van der Waals surface area contributed by atoms with E-state index in [0.717, 1.165) is 46.4 Å². The minimum Gasteiger partial charge on any atom is -0.507 e. The van der Waals surface area contributed by atoms with E-state index < -0.39 is 0 Å². The summed E-state index contributed by atoms with van der Waals surface area (Å²) in [5.74, 6) is 1.30. The van der Waals surface area contributed by atoms with Gasteiger partial charge in [0.05, 0.1) is 12.6 Å². The van der Waals surface area contributed by atoms with Gasteiger partial charge in [0.2, 0.25) is 0 Å². The van der Waals surface area contributed by atoms with Crippen LogP contribution in [0.5, 0.6) is 11.5 Å². The van der Waals surface area contributed by atoms with Crippen LogP contribution in [0.3, 0.4) is 0 Å². The van der Waals surface area contributed by atoms with Gasteiger partial charge in [0, 0.05) is 12.1 Å². The molecule has 0 fully saturated rings. The second-order valence-corrected chi connectivity index (χ2v) is 7.61. The van der Waals surface area contributed by atoms with Gasteiger partial charge in [0.15, 0.2) is 0 Å². The van der Waals surface area contributed by atoms with Crippen molar-refractivity contribution in [2.45, 2.75) is 52.2 Å². The summed E-state index contributed by atoms with van der Waals surface area (Å²) in [4.78, 5) is 0. The molecule has 140 valence electrons. The lowest BCUT2D eigenvalue weighted by atomic mass is 9.87. The Morgan fingerprint density at radius 2 is 1.81 bits per heavy atom. The SMILES string of the molecule is Cc1c(C)c2c(c(C)c1O)CCC(C)(CNC(CO)c1ccccc1)O2. The molecule has 2 aromatic rings. The molecule has 26 heavy (non-hydrogen) atoms. The predicted octanol–water partition coefficient (Wildman–Crippen LogP) is 3.72. The monoisotopic (exact) mass is 355 g/mol. The first-order valence-corrected chi connectivity index (χ1v) is 9.26. The molecule has 2 unspecified atom stereocenters. The van der Waals surface area contributed by atoms with Crippen LogP contribution in [0.4, 0.5) is 0 Å². The van der Waals surface area contributed by atoms with E-state index in [4.69, 9.17) is 4.74 Å². The number of nitrogens with one attached hydrogen (secondary N) is 1. The molecule has 3 N–H and O–H groups in total. The molecule has 1 heterocycles. The van der Waals surface area contributed by atoms with E-state index in [2.05, 4.69) is 12.2 Å². The highest BCUT2D eigenvalue weighted by atomic mass is 16.5. The van der Waals surface area contributed by atoms with Crippen LogP contribution >= 0.6 is 0 Å². The molecular formula is C22H29NO3. The van der Waals surface area contributed by atoms with Gasteiger partial charge in [-0.2, -0.15) is 0 Å². The Hall–Kier alpha value is -2.04. The van der Waals surface area contributed by atoms with Crippen LogP contribution in [-0.4, -0.2) is 29.0 Å². The number of fused-ring (bicyclic) bond motifs is 1. The van der Waals surface area contributed by atoms with Gasteiger partial charge < -0.3 is 20.3 Å². The smallest absolute Gasteiger partial charge is 0.127 e. The third-order valence-corrected chi connectivity index (χ3v) is 5.70. The molecule has 0 radical (unpaired) electrons. The third-order valence-electron chi connectivity index (χ3n) is 5.70. The molecular weight excluding hydrogens is 326 g/mol. The maximum absolute atomic E-state index is 10.3. The minimum absolute atomic E-state index is 0.0434. The second-order valence-electron chi connectivity index (χ2n) is 7.61. The fraction of sp³-hybridized carbons (Fsp3) is 0.455. The zero-order valence-electron chi connectivity index (χ0n) is 16.1. The molecule has 0 saturated carbocycles. The van der Waals surface area contributed by atoms with Gasteiger partial charge in [-0.25, -0.2) is 0 Å². The Kier molecular flexibility index (Phi) is 5.26. The van der Waals surface area contributed by atoms with E-state index >= 15 is 0 Å². The molecule has 1 aliphatic rings. The number of aliphatic hydroxyl groups is 1. The third kappa shape index (κ3) is 3.44. The van der Waals surface area contributed by atoms with Gasteiger partial charge in [0.25, 0.3) is 0 Å². The van der Waals surface area contributed by atoms with Gasteiger partial charge in [-0.3, -0.25) is 0 Å². The molecule has 2 aromatic carbocycles. The van der Waals surface area contributed by atoms with Crippen molar-refractivity contribution < 1.29 is 14.9 Å². The first kappa shape index (κ1) is 18.7. The Morgan fingerprint density at radius 3 is 2.46 bits per heavy atom. The van der Waals surface area contributed by atoms with E-state index in [1.54, 1.807) is 0 Å². The van der Waals surface area contributed by atoms with E-state index in [1.807, 2.05) is 51.1 Å². The topological polar surface area (TPSA) is 61.7 Å². The standard InChI is InChI=1S/C22H29NO3/c1-14-15(2)21-18(16(3)20(14)25)10-11-22(4,26-21)13-23-19(12-24)17-8-6-5-7-9-17/h5-9,19,23-25H,10-13H2,1-4H3. The number of hydrogen-bond donors (Lipinski definition) is 3. The first-order chi connectivity index (χ1) is 12.4. The van der Waals surface area contributed by atoms with E-state index in [1.165, 1.54) is 0 Å². The lowest BCUT2D eigenvalue weighted by Gasteiger charge is -2.39. The highest BCUT2D eigenvalue weighted by Gasteiger charge is 2.35. The Morgan fingerprint density at radius 1 is 1.12 bits per heavy atom. The van der Waals surface area contributed by atoms with Crippen LogP contribution in [0.25, 0.3) is 0 Å². The van der Waals surface area contributed by atoms with Gasteiger partial charge in [-0.1, -0.05) is 30.3 Å². The minimum atomic E-state index is -0.351. The van der Waals surface area contributed by atoms with Crippen LogP contribution in [0.2, 0.25) is 0 Å². The van der Waals surface area contributed by atoms with Crippen molar-refractivity contribution in [1.82, 2.24) is 5.32 Å². The average Bonchev–Trinajstić information content (AvgIpc) is 2.66. The Balaban J connectivity index is 1.79. The number of ether oxygens (including phenoxy) is 1. The maximum Gasteiger partial charge on any atom is 0.127 e. The van der Waals surface area contributed by atoms with Gasteiger partial charge in [0.1, 0.15) is 17.1 Å². The fourth-order valence-corrected chi connectivity index (χ4v) is 3.73. The van der Waals surface area contributed by atoms with Crippen LogP contribution in [0.15, 0.2) is 30.3 Å². The molecule has 4 heteroatoms. The Bertz CT molecular complexity index is 788. The summed E-state index contributed by atoms with van der Waals surface area (Å²) in [5.41, 5.74) is 4.66. The van der Waals surface area contributed by atoms with Crippen LogP contribution in [-0.2, 0) is 6.42 Å². The number of phenols is 1. The Labute approximate surface area is 155 Å². The van der Waals surface area contributed by atoms with Gasteiger partial charge in [-0.05, 0) is 62.8 Å². The van der Waals surface area contributed by atoms with Crippen molar-refractivity contribution >= 4 is 0 Å². The molecule has 0 aliphatic carbocycles. The number of hydrogen-bond acceptors (Lipinski definition) is 4. The highest BCUT2D eigenvalue weighted by Crippen LogP contribution is 2.43.